The first-order valence-electron chi connectivity index (χ1n) is 4.41. The molecule has 0 unspecified atom stereocenters. The molecule has 2 rings (SSSR count). The molecule has 5 nitrogen and oxygen atoms in total. The number of hydrogen-bond acceptors (Lipinski definition) is 3. The second kappa shape index (κ2) is 3.61. The average Bonchev–Trinajstić information content (AvgIpc) is 2.23. The molecule has 1 aromatic carbocycles. The Bertz CT molecular complexity index is 648. The molecule has 0 amide bonds. The van der Waals surface area contributed by atoms with Gasteiger partial charge in [-0.3, -0.25) is 4.79 Å². The predicted octanol–water partition coefficient (Wildman–Crippen LogP) is 1.29. The topological polar surface area (TPSA) is 72.2 Å². The van der Waals surface area contributed by atoms with E-state index in [-0.39, 0.29) is 0 Å². The summed E-state index contributed by atoms with van der Waals surface area (Å²) in [6, 6.07) is 4.92. The lowest BCUT2D eigenvalue weighted by Gasteiger charge is -2.06. The standard InChI is InChI=1S/C10H7ClN2O3/c1-13-6-4-2-3-5(11)7(6)12-8(9(13)14)10(15)16/h2-4H,1H3,(H,15,16). The number of aromatic carboxylic acids is 1. The monoisotopic (exact) mass is 238 g/mol. The molecule has 0 spiro atoms. The van der Waals surface area contributed by atoms with Crippen LogP contribution in [0.4, 0.5) is 0 Å². The first-order chi connectivity index (χ1) is 7.52. The fourth-order valence-corrected chi connectivity index (χ4v) is 1.66. The summed E-state index contributed by atoms with van der Waals surface area (Å²) in [6.45, 7) is 0. The summed E-state index contributed by atoms with van der Waals surface area (Å²) in [5.74, 6) is -1.36. The van der Waals surface area contributed by atoms with E-state index in [4.69, 9.17) is 16.7 Å². The van der Waals surface area contributed by atoms with E-state index >= 15 is 0 Å². The minimum Gasteiger partial charge on any atom is -0.476 e. The van der Waals surface area contributed by atoms with Gasteiger partial charge in [0, 0.05) is 7.05 Å². The Morgan fingerprint density at radius 3 is 2.81 bits per heavy atom. The quantitative estimate of drug-likeness (QED) is 0.813. The van der Waals surface area contributed by atoms with Gasteiger partial charge in [-0.2, -0.15) is 0 Å². The third-order valence-electron chi connectivity index (χ3n) is 2.26. The van der Waals surface area contributed by atoms with Crippen LogP contribution in [0.25, 0.3) is 11.0 Å². The van der Waals surface area contributed by atoms with Gasteiger partial charge in [-0.05, 0) is 12.1 Å². The van der Waals surface area contributed by atoms with E-state index in [9.17, 15) is 9.59 Å². The number of aromatic nitrogens is 2. The molecule has 0 aliphatic rings. The summed E-state index contributed by atoms with van der Waals surface area (Å²) in [4.78, 5) is 26.2. The third-order valence-corrected chi connectivity index (χ3v) is 2.57. The van der Waals surface area contributed by atoms with Crippen molar-refractivity contribution >= 4 is 28.6 Å². The van der Waals surface area contributed by atoms with Crippen LogP contribution in [0.15, 0.2) is 23.0 Å². The highest BCUT2D eigenvalue weighted by Gasteiger charge is 2.15. The van der Waals surface area contributed by atoms with Crippen LogP contribution in [0.5, 0.6) is 0 Å². The van der Waals surface area contributed by atoms with Crippen molar-refractivity contribution in [1.82, 2.24) is 9.55 Å². The molecule has 82 valence electrons. The minimum atomic E-state index is -1.36. The molecule has 1 aromatic heterocycles. The van der Waals surface area contributed by atoms with Gasteiger partial charge in [0.15, 0.2) is 0 Å². The molecule has 0 aliphatic heterocycles. The molecule has 0 radical (unpaired) electrons. The Balaban J connectivity index is 3.00. The Hall–Kier alpha value is -1.88. The largest absolute Gasteiger partial charge is 0.476 e. The van der Waals surface area contributed by atoms with E-state index in [1.165, 1.54) is 11.6 Å². The van der Waals surface area contributed by atoms with Gasteiger partial charge in [0.05, 0.1) is 10.5 Å². The number of carbonyl (C=O) groups is 1. The van der Waals surface area contributed by atoms with Crippen molar-refractivity contribution < 1.29 is 9.90 Å². The number of hydrogen-bond donors (Lipinski definition) is 1. The number of para-hydroxylation sites is 1. The zero-order valence-electron chi connectivity index (χ0n) is 8.27. The highest BCUT2D eigenvalue weighted by molar-refractivity contribution is 6.34. The van der Waals surface area contributed by atoms with Crippen LogP contribution < -0.4 is 5.56 Å². The van der Waals surface area contributed by atoms with Crippen molar-refractivity contribution in [1.29, 1.82) is 0 Å². The lowest BCUT2D eigenvalue weighted by Crippen LogP contribution is -2.26. The van der Waals surface area contributed by atoms with Crippen LogP contribution in [0.3, 0.4) is 0 Å². The Labute approximate surface area is 94.9 Å². The smallest absolute Gasteiger partial charge is 0.360 e. The van der Waals surface area contributed by atoms with Crippen LogP contribution in [-0.4, -0.2) is 20.6 Å². The maximum Gasteiger partial charge on any atom is 0.360 e. The second-order valence-corrected chi connectivity index (χ2v) is 3.64. The molecule has 0 bridgehead atoms. The van der Waals surface area contributed by atoms with Crippen molar-refractivity contribution in [2.75, 3.05) is 0 Å². The number of benzene rings is 1. The molecule has 0 saturated carbocycles. The normalized spacial score (nSPS) is 10.6. The zero-order chi connectivity index (χ0) is 11.9. The van der Waals surface area contributed by atoms with E-state index in [1.54, 1.807) is 18.2 Å². The van der Waals surface area contributed by atoms with Crippen molar-refractivity contribution in [3.05, 3.63) is 39.3 Å². The van der Waals surface area contributed by atoms with Crippen LogP contribution in [0.1, 0.15) is 10.5 Å². The lowest BCUT2D eigenvalue weighted by molar-refractivity contribution is 0.0688. The van der Waals surface area contributed by atoms with E-state index < -0.39 is 17.2 Å². The Morgan fingerprint density at radius 2 is 2.19 bits per heavy atom. The Kier molecular flexibility index (Phi) is 2.40. The highest BCUT2D eigenvalue weighted by Crippen LogP contribution is 2.19. The molecule has 16 heavy (non-hydrogen) atoms. The van der Waals surface area contributed by atoms with Gasteiger partial charge in [-0.25, -0.2) is 9.78 Å². The number of rotatable bonds is 1. The molecule has 2 aromatic rings. The fourth-order valence-electron chi connectivity index (χ4n) is 1.45. The van der Waals surface area contributed by atoms with Crippen LogP contribution in [0.2, 0.25) is 5.02 Å². The fraction of sp³-hybridized carbons (Fsp3) is 0.100. The van der Waals surface area contributed by atoms with E-state index in [0.29, 0.717) is 16.1 Å². The number of halogens is 1. The zero-order valence-corrected chi connectivity index (χ0v) is 9.02. The van der Waals surface area contributed by atoms with Crippen molar-refractivity contribution in [2.24, 2.45) is 7.05 Å². The molecule has 0 fully saturated rings. The first-order valence-corrected chi connectivity index (χ1v) is 4.78. The molecular formula is C10H7ClN2O3. The molecule has 6 heteroatoms. The number of nitrogens with zero attached hydrogens (tertiary/aromatic N) is 2. The SMILES string of the molecule is Cn1c(=O)c(C(=O)O)nc2c(Cl)cccc21. The van der Waals surface area contributed by atoms with E-state index in [1.807, 2.05) is 0 Å². The molecule has 0 aliphatic carbocycles. The predicted molar refractivity (Wildman–Crippen MR) is 59.0 cm³/mol. The second-order valence-electron chi connectivity index (χ2n) is 3.24. The summed E-state index contributed by atoms with van der Waals surface area (Å²) >= 11 is 5.89. The maximum atomic E-state index is 11.6. The molecule has 0 atom stereocenters. The van der Waals surface area contributed by atoms with E-state index in [2.05, 4.69) is 4.98 Å². The lowest BCUT2D eigenvalue weighted by atomic mass is 10.3. The first kappa shape index (κ1) is 10.6. The highest BCUT2D eigenvalue weighted by atomic mass is 35.5. The number of carboxylic acid groups (broad SMARTS) is 1. The summed E-state index contributed by atoms with van der Waals surface area (Å²) in [7, 11) is 1.48. The van der Waals surface area contributed by atoms with Crippen LogP contribution >= 0.6 is 11.6 Å². The van der Waals surface area contributed by atoms with Crippen molar-refractivity contribution in [3.63, 3.8) is 0 Å². The molecular weight excluding hydrogens is 232 g/mol. The maximum absolute atomic E-state index is 11.6. The summed E-state index contributed by atoms with van der Waals surface area (Å²) < 4.78 is 1.22. The van der Waals surface area contributed by atoms with Crippen LogP contribution in [0, 0.1) is 0 Å². The number of carboxylic acids is 1. The molecule has 1 heterocycles. The summed E-state index contributed by atoms with van der Waals surface area (Å²) in [5, 5.41) is 9.14. The van der Waals surface area contributed by atoms with Gasteiger partial charge >= 0.3 is 5.97 Å². The number of fused-ring (bicyclic) bond motifs is 1. The van der Waals surface area contributed by atoms with Crippen molar-refractivity contribution in [2.45, 2.75) is 0 Å². The third kappa shape index (κ3) is 1.45. The van der Waals surface area contributed by atoms with Gasteiger partial charge in [-0.15, -0.1) is 0 Å². The van der Waals surface area contributed by atoms with Gasteiger partial charge < -0.3 is 9.67 Å². The summed E-state index contributed by atoms with van der Waals surface area (Å²) in [5.41, 5.74) is -0.364. The van der Waals surface area contributed by atoms with Crippen molar-refractivity contribution in [3.8, 4) is 0 Å². The van der Waals surface area contributed by atoms with Gasteiger partial charge in [0.25, 0.3) is 5.56 Å². The average molecular weight is 239 g/mol. The molecule has 0 saturated heterocycles. The summed E-state index contributed by atoms with van der Waals surface area (Å²) in [6.07, 6.45) is 0. The van der Waals surface area contributed by atoms with E-state index in [0.717, 1.165) is 0 Å². The number of aryl methyl sites for hydroxylation is 1. The van der Waals surface area contributed by atoms with Gasteiger partial charge in [-0.1, -0.05) is 17.7 Å². The minimum absolute atomic E-state index is 0.309. The Morgan fingerprint density at radius 1 is 1.50 bits per heavy atom. The van der Waals surface area contributed by atoms with Crippen LogP contribution in [-0.2, 0) is 7.05 Å². The van der Waals surface area contributed by atoms with Gasteiger partial charge in [0.2, 0.25) is 5.69 Å². The molecule has 1 N–H and O–H groups in total. The van der Waals surface area contributed by atoms with Gasteiger partial charge in [0.1, 0.15) is 5.52 Å².